The van der Waals surface area contributed by atoms with E-state index in [9.17, 15) is 19.8 Å². The molecule has 28 unspecified atom stereocenters. The van der Waals surface area contributed by atoms with Crippen LogP contribution < -0.4 is 0 Å². The molecule has 0 heterocycles. The molecular weight excluding hydrogens is 568 g/mol. The standard InChI is InChI=1S/C42H42O4/c43-41(44)39-25-15-7-5-13-11-3-1-9-10-2-4-12-14-6-8-16-24-22(14)29-20(12)18(10)27-17(9)19(11)28-21(13)23(15)30-32(25)33(26(16)40(39)42(45)46)31(24)38-36(29)34(27)35(28)37(30)38/h1,3,5,7,9-24,26-27,29-31,33-34,36-40H,2,4,6,8H2,(H,43,44)(H,45,46). The van der Waals surface area contributed by atoms with Gasteiger partial charge in [-0.1, -0.05) is 41.0 Å². The zero-order valence-corrected chi connectivity index (χ0v) is 26.0. The van der Waals surface area contributed by atoms with Crippen LogP contribution in [0.1, 0.15) is 25.7 Å². The molecule has 2 N–H and O–H groups in total. The fourth-order valence-electron chi connectivity index (χ4n) is 22.5. The Morgan fingerprint density at radius 2 is 0.957 bits per heavy atom. The van der Waals surface area contributed by atoms with Crippen molar-refractivity contribution in [1.29, 1.82) is 0 Å². The second-order valence-electron chi connectivity index (χ2n) is 20.4. The Bertz CT molecular complexity index is 1850. The first-order valence-electron chi connectivity index (χ1n) is 19.9. The van der Waals surface area contributed by atoms with Crippen LogP contribution in [0.2, 0.25) is 0 Å². The number of rotatable bonds is 2. The van der Waals surface area contributed by atoms with Crippen LogP contribution in [0.3, 0.4) is 0 Å². The molecule has 16 rings (SSSR count). The quantitative estimate of drug-likeness (QED) is 0.383. The van der Waals surface area contributed by atoms with E-state index in [1.165, 1.54) is 31.3 Å². The van der Waals surface area contributed by atoms with E-state index >= 15 is 0 Å². The third kappa shape index (κ3) is 1.79. The second-order valence-corrected chi connectivity index (χ2v) is 20.4. The van der Waals surface area contributed by atoms with Crippen molar-refractivity contribution in [3.05, 3.63) is 46.6 Å². The van der Waals surface area contributed by atoms with Crippen molar-refractivity contribution in [3.63, 3.8) is 0 Å². The minimum Gasteiger partial charge on any atom is -0.481 e. The second kappa shape index (κ2) is 6.47. The van der Waals surface area contributed by atoms with Gasteiger partial charge < -0.3 is 10.2 Å². The van der Waals surface area contributed by atoms with E-state index < -0.39 is 23.8 Å². The number of carbonyl (C=O) groups is 2. The van der Waals surface area contributed by atoms with Gasteiger partial charge in [0.25, 0.3) is 0 Å². The number of aliphatic carboxylic acids is 2. The first-order chi connectivity index (χ1) is 22.6. The number of hydrogen-bond donors (Lipinski definition) is 2. The van der Waals surface area contributed by atoms with Gasteiger partial charge in [-0.2, -0.15) is 0 Å². The van der Waals surface area contributed by atoms with Crippen LogP contribution in [-0.2, 0) is 9.59 Å². The molecule has 4 nitrogen and oxygen atoms in total. The van der Waals surface area contributed by atoms with Gasteiger partial charge in [0.1, 0.15) is 0 Å². The average Bonchev–Trinajstić information content (AvgIpc) is 3.87. The summed E-state index contributed by atoms with van der Waals surface area (Å²) in [4.78, 5) is 27.2. The number of carboxylic acids is 2. The SMILES string of the molecule is O=C(O)C1C2=C3C4C5C6=C7C8C(C=CC2C84)C2C=CC4C8CCC9C%10CCC%11C(C1C(=O)O)C3C1C%11C%10C3C9C8C(C6C3C51)C4C72. The first-order valence-corrected chi connectivity index (χ1v) is 19.9. The van der Waals surface area contributed by atoms with Gasteiger partial charge in [0.15, 0.2) is 0 Å². The van der Waals surface area contributed by atoms with E-state index in [0.717, 1.165) is 82.9 Å². The number of hydrogen-bond acceptors (Lipinski definition) is 2. The minimum absolute atomic E-state index is 0.0604. The van der Waals surface area contributed by atoms with Crippen LogP contribution in [0.15, 0.2) is 46.6 Å². The largest absolute Gasteiger partial charge is 0.481 e. The summed E-state index contributed by atoms with van der Waals surface area (Å²) in [6.45, 7) is 0. The summed E-state index contributed by atoms with van der Waals surface area (Å²) in [6, 6.07) is 0. The normalized spacial score (nSPS) is 73.3. The van der Waals surface area contributed by atoms with Gasteiger partial charge in [-0.05, 0) is 179 Å². The van der Waals surface area contributed by atoms with Crippen molar-refractivity contribution < 1.29 is 19.8 Å². The Morgan fingerprint density at radius 1 is 0.435 bits per heavy atom. The highest BCUT2D eigenvalue weighted by molar-refractivity contribution is 5.85. The van der Waals surface area contributed by atoms with Crippen LogP contribution in [0.25, 0.3) is 0 Å². The van der Waals surface area contributed by atoms with Gasteiger partial charge in [0, 0.05) is 5.92 Å². The van der Waals surface area contributed by atoms with Crippen molar-refractivity contribution in [1.82, 2.24) is 0 Å². The number of carboxylic acid groups (broad SMARTS) is 2. The predicted molar refractivity (Wildman–Crippen MR) is 164 cm³/mol. The highest BCUT2D eigenvalue weighted by Gasteiger charge is 2.86. The summed E-state index contributed by atoms with van der Waals surface area (Å²) >= 11 is 0. The Labute approximate surface area is 269 Å². The van der Waals surface area contributed by atoms with Crippen molar-refractivity contribution in [2.45, 2.75) is 25.7 Å². The first kappa shape index (κ1) is 23.3. The topological polar surface area (TPSA) is 74.6 Å². The molecule has 28 atom stereocenters. The summed E-state index contributed by atoms with van der Waals surface area (Å²) in [5.41, 5.74) is 6.82. The predicted octanol–water partition coefficient (Wildman–Crippen LogP) is 5.89. The van der Waals surface area contributed by atoms with Gasteiger partial charge in [-0.3, -0.25) is 9.59 Å². The fourth-order valence-corrected chi connectivity index (χ4v) is 22.5. The molecular formula is C42H42O4. The Hall–Kier alpha value is -2.10. The van der Waals surface area contributed by atoms with Crippen molar-refractivity contribution in [2.24, 2.45) is 166 Å². The molecule has 0 aliphatic heterocycles. The molecule has 0 saturated heterocycles. The fraction of sp³-hybridized carbons (Fsp3) is 0.762. The zero-order chi connectivity index (χ0) is 29.3. The van der Waals surface area contributed by atoms with Crippen LogP contribution in [0, 0.1) is 166 Å². The summed E-state index contributed by atoms with van der Waals surface area (Å²) in [5.74, 6) is 14.9. The summed E-state index contributed by atoms with van der Waals surface area (Å²) in [7, 11) is 0. The highest BCUT2D eigenvalue weighted by atomic mass is 16.4. The van der Waals surface area contributed by atoms with Crippen molar-refractivity contribution in [2.75, 3.05) is 0 Å². The van der Waals surface area contributed by atoms with Crippen LogP contribution >= 0.6 is 0 Å². The van der Waals surface area contributed by atoms with Crippen LogP contribution in [-0.4, -0.2) is 22.2 Å². The van der Waals surface area contributed by atoms with Gasteiger partial charge >= 0.3 is 11.9 Å². The molecule has 10 fully saturated rings. The minimum atomic E-state index is -0.826. The molecule has 46 heavy (non-hydrogen) atoms. The lowest BCUT2D eigenvalue weighted by Crippen LogP contribution is -2.57. The molecule has 0 aromatic heterocycles. The third-order valence-corrected chi connectivity index (χ3v) is 21.4. The van der Waals surface area contributed by atoms with Crippen LogP contribution in [0.4, 0.5) is 0 Å². The number of allylic oxidation sites excluding steroid dienone is 7. The zero-order valence-electron chi connectivity index (χ0n) is 26.0. The van der Waals surface area contributed by atoms with Crippen molar-refractivity contribution in [3.8, 4) is 0 Å². The third-order valence-electron chi connectivity index (χ3n) is 21.4. The maximum atomic E-state index is 13.6. The molecule has 0 aromatic rings. The van der Waals surface area contributed by atoms with Crippen LogP contribution in [0.5, 0.6) is 0 Å². The molecule has 0 radical (unpaired) electrons. The molecule has 0 aromatic carbocycles. The van der Waals surface area contributed by atoms with E-state index in [-0.39, 0.29) is 11.8 Å². The van der Waals surface area contributed by atoms with Gasteiger partial charge in [0.2, 0.25) is 0 Å². The maximum Gasteiger partial charge on any atom is 0.311 e. The molecule has 16 aliphatic rings. The number of fused-ring (bicyclic) bond motifs is 5. The maximum absolute atomic E-state index is 13.6. The van der Waals surface area contributed by atoms with Gasteiger partial charge in [-0.25, -0.2) is 0 Å². The molecule has 4 heteroatoms. The Morgan fingerprint density at radius 3 is 1.74 bits per heavy atom. The Kier molecular flexibility index (Phi) is 3.28. The lowest BCUT2D eigenvalue weighted by Gasteiger charge is -2.60. The lowest BCUT2D eigenvalue weighted by molar-refractivity contribution is -0.157. The van der Waals surface area contributed by atoms with Gasteiger partial charge in [0.05, 0.1) is 11.8 Å². The molecule has 0 spiro atoms. The molecule has 0 bridgehead atoms. The van der Waals surface area contributed by atoms with Crippen molar-refractivity contribution >= 4 is 11.9 Å². The molecule has 10 saturated carbocycles. The smallest absolute Gasteiger partial charge is 0.311 e. The molecule has 234 valence electrons. The van der Waals surface area contributed by atoms with E-state index in [0.29, 0.717) is 59.2 Å². The summed E-state index contributed by atoms with van der Waals surface area (Å²) < 4.78 is 0. The monoisotopic (exact) mass is 610 g/mol. The highest BCUT2D eigenvalue weighted by Crippen LogP contribution is 2.91. The van der Waals surface area contributed by atoms with Gasteiger partial charge in [-0.15, -0.1) is 0 Å². The lowest BCUT2D eigenvalue weighted by atomic mass is 9.44. The Balaban J connectivity index is 1.09. The van der Waals surface area contributed by atoms with E-state index in [1.807, 2.05) is 11.1 Å². The van der Waals surface area contributed by atoms with E-state index in [4.69, 9.17) is 0 Å². The van der Waals surface area contributed by atoms with E-state index in [2.05, 4.69) is 24.3 Å². The molecule has 0 amide bonds. The molecule has 16 aliphatic carbocycles. The van der Waals surface area contributed by atoms with E-state index in [1.54, 1.807) is 5.57 Å². The average molecular weight is 611 g/mol. The summed E-state index contributed by atoms with van der Waals surface area (Å²) in [5, 5.41) is 22.3. The summed E-state index contributed by atoms with van der Waals surface area (Å²) in [6.07, 6.45) is 16.1.